The summed E-state index contributed by atoms with van der Waals surface area (Å²) in [6, 6.07) is 11.9. The maximum Gasteiger partial charge on any atom is 0.360 e. The summed E-state index contributed by atoms with van der Waals surface area (Å²) in [5.74, 6) is -0.872. The lowest BCUT2D eigenvalue weighted by Crippen LogP contribution is -2.19. The second kappa shape index (κ2) is 9.14. The maximum absolute atomic E-state index is 13.4. The van der Waals surface area contributed by atoms with Crippen molar-refractivity contribution >= 4 is 23.5 Å². The molecule has 0 saturated heterocycles. The molecule has 0 atom stereocenters. The van der Waals surface area contributed by atoms with Gasteiger partial charge in [-0.15, -0.1) is 0 Å². The lowest BCUT2D eigenvalue weighted by molar-refractivity contribution is -0.132. The fourth-order valence-electron chi connectivity index (χ4n) is 3.06. The van der Waals surface area contributed by atoms with Gasteiger partial charge in [0.1, 0.15) is 19.5 Å². The van der Waals surface area contributed by atoms with Crippen molar-refractivity contribution in [1.82, 2.24) is 0 Å². The largest absolute Gasteiger partial charge is 0.464 e. The highest BCUT2D eigenvalue weighted by atomic mass is 19.1. The lowest BCUT2D eigenvalue weighted by atomic mass is 10.0. The average molecular weight is 396 g/mol. The van der Waals surface area contributed by atoms with Gasteiger partial charge in [0.15, 0.2) is 5.71 Å². The highest BCUT2D eigenvalue weighted by molar-refractivity contribution is 6.43. The second-order valence-corrected chi connectivity index (χ2v) is 6.41. The number of allylic oxidation sites excluding steroid dienone is 1. The molecule has 2 aromatic rings. The van der Waals surface area contributed by atoms with Crippen molar-refractivity contribution in [2.75, 3.05) is 14.2 Å². The SMILES string of the molecule is CO/N=C(/C(=O)OC)c1ccccc1CO/N=C(\C)C1=Cc2cc(F)ccc2C1. The summed E-state index contributed by atoms with van der Waals surface area (Å²) in [6.45, 7) is 1.97. The zero-order valence-electron chi connectivity index (χ0n) is 16.4. The minimum Gasteiger partial charge on any atom is -0.464 e. The zero-order valence-corrected chi connectivity index (χ0v) is 16.4. The molecule has 1 aliphatic rings. The fourth-order valence-corrected chi connectivity index (χ4v) is 3.06. The van der Waals surface area contributed by atoms with E-state index in [1.54, 1.807) is 18.2 Å². The van der Waals surface area contributed by atoms with Crippen molar-refractivity contribution in [3.05, 3.63) is 76.1 Å². The third-order valence-corrected chi connectivity index (χ3v) is 4.54. The second-order valence-electron chi connectivity index (χ2n) is 6.41. The van der Waals surface area contributed by atoms with E-state index in [4.69, 9.17) is 14.4 Å². The summed E-state index contributed by atoms with van der Waals surface area (Å²) in [5, 5.41) is 7.96. The number of rotatable bonds is 7. The van der Waals surface area contributed by atoms with Crippen LogP contribution in [0.5, 0.6) is 0 Å². The minimum absolute atomic E-state index is 0.0471. The molecule has 3 rings (SSSR count). The quantitative estimate of drug-likeness (QED) is 0.405. The van der Waals surface area contributed by atoms with E-state index in [1.807, 2.05) is 25.1 Å². The van der Waals surface area contributed by atoms with E-state index in [9.17, 15) is 9.18 Å². The molecule has 0 aromatic heterocycles. The number of benzene rings is 2. The summed E-state index contributed by atoms with van der Waals surface area (Å²) in [6.07, 6.45) is 2.59. The standard InChI is InChI=1S/C22H21FN2O4/c1-14(17-10-15-8-9-19(23)12-18(15)11-17)24-29-13-16-6-4-5-7-20(16)21(25-28-3)22(26)27-2/h4-9,11-12H,10,13H2,1-3H3/b24-14+,25-21+. The number of esters is 1. The third kappa shape index (κ3) is 4.68. The van der Waals surface area contributed by atoms with Gasteiger partial charge in [-0.1, -0.05) is 40.6 Å². The summed E-state index contributed by atoms with van der Waals surface area (Å²) < 4.78 is 18.2. The van der Waals surface area contributed by atoms with Crippen LogP contribution in [-0.2, 0) is 32.2 Å². The Balaban J connectivity index is 1.73. The Morgan fingerprint density at radius 2 is 1.93 bits per heavy atom. The monoisotopic (exact) mass is 396 g/mol. The van der Waals surface area contributed by atoms with Gasteiger partial charge in [-0.2, -0.15) is 0 Å². The number of hydrogen-bond acceptors (Lipinski definition) is 6. The predicted octanol–water partition coefficient (Wildman–Crippen LogP) is 3.88. The zero-order chi connectivity index (χ0) is 20.8. The van der Waals surface area contributed by atoms with Crippen molar-refractivity contribution in [1.29, 1.82) is 0 Å². The summed E-state index contributed by atoms with van der Waals surface area (Å²) in [7, 11) is 2.63. The van der Waals surface area contributed by atoms with Crippen LogP contribution in [-0.4, -0.2) is 31.6 Å². The van der Waals surface area contributed by atoms with Gasteiger partial charge in [0.2, 0.25) is 0 Å². The summed E-state index contributed by atoms with van der Waals surface area (Å²) >= 11 is 0. The average Bonchev–Trinajstić information content (AvgIpc) is 3.15. The number of carbonyl (C=O) groups excluding carboxylic acids is 1. The summed E-state index contributed by atoms with van der Waals surface area (Å²) in [5.41, 5.74) is 4.88. The van der Waals surface area contributed by atoms with E-state index < -0.39 is 5.97 Å². The Hall–Kier alpha value is -3.48. The Bertz CT molecular complexity index is 1010. The number of hydrogen-bond donors (Lipinski definition) is 0. The molecule has 0 fully saturated rings. The first-order valence-electron chi connectivity index (χ1n) is 8.97. The van der Waals surface area contributed by atoms with Crippen molar-refractivity contribution in [3.63, 3.8) is 0 Å². The molecule has 1 aliphatic carbocycles. The number of oxime groups is 2. The Kier molecular flexibility index (Phi) is 6.39. The van der Waals surface area contributed by atoms with Crippen molar-refractivity contribution in [2.45, 2.75) is 20.0 Å². The van der Waals surface area contributed by atoms with Crippen LogP contribution in [0.3, 0.4) is 0 Å². The molecule has 0 radical (unpaired) electrons. The molecule has 0 bridgehead atoms. The molecule has 0 spiro atoms. The Morgan fingerprint density at radius 3 is 2.69 bits per heavy atom. The van der Waals surface area contributed by atoms with Crippen LogP contribution >= 0.6 is 0 Å². The van der Waals surface area contributed by atoms with E-state index in [0.29, 0.717) is 23.3 Å². The van der Waals surface area contributed by atoms with Gasteiger partial charge in [0, 0.05) is 11.1 Å². The van der Waals surface area contributed by atoms with Crippen molar-refractivity contribution in [3.8, 4) is 0 Å². The number of ether oxygens (including phenoxy) is 1. The predicted molar refractivity (Wildman–Crippen MR) is 108 cm³/mol. The van der Waals surface area contributed by atoms with Gasteiger partial charge >= 0.3 is 5.97 Å². The topological polar surface area (TPSA) is 69.5 Å². The molecule has 6 nitrogen and oxygen atoms in total. The normalized spacial score (nSPS) is 13.6. The number of nitrogens with zero attached hydrogens (tertiary/aromatic N) is 2. The van der Waals surface area contributed by atoms with E-state index in [0.717, 1.165) is 16.7 Å². The molecule has 0 heterocycles. The number of methoxy groups -OCH3 is 1. The first kappa shape index (κ1) is 20.3. The van der Waals surface area contributed by atoms with Crippen molar-refractivity contribution < 1.29 is 23.6 Å². The van der Waals surface area contributed by atoms with Crippen molar-refractivity contribution in [2.24, 2.45) is 10.3 Å². The molecule has 0 N–H and O–H groups in total. The van der Waals surface area contributed by atoms with E-state index in [1.165, 1.54) is 26.4 Å². The lowest BCUT2D eigenvalue weighted by Gasteiger charge is -2.10. The third-order valence-electron chi connectivity index (χ3n) is 4.54. The smallest absolute Gasteiger partial charge is 0.360 e. The van der Waals surface area contributed by atoms with E-state index in [2.05, 4.69) is 10.3 Å². The number of carbonyl (C=O) groups is 1. The van der Waals surface area contributed by atoms with E-state index in [-0.39, 0.29) is 18.1 Å². The van der Waals surface area contributed by atoms with Crippen LogP contribution in [0.2, 0.25) is 0 Å². The molecule has 7 heteroatoms. The van der Waals surface area contributed by atoms with Gasteiger partial charge in [-0.25, -0.2) is 9.18 Å². The first-order valence-corrected chi connectivity index (χ1v) is 8.97. The van der Waals surface area contributed by atoms with Gasteiger partial charge in [0.05, 0.1) is 12.8 Å². The molecule has 2 aromatic carbocycles. The molecule has 0 aliphatic heterocycles. The van der Waals surface area contributed by atoms with Crippen LogP contribution < -0.4 is 0 Å². The molecular weight excluding hydrogens is 375 g/mol. The van der Waals surface area contributed by atoms with Crippen LogP contribution in [0.25, 0.3) is 6.08 Å². The number of halogens is 1. The van der Waals surface area contributed by atoms with Crippen LogP contribution in [0, 0.1) is 5.82 Å². The molecule has 29 heavy (non-hydrogen) atoms. The van der Waals surface area contributed by atoms with Crippen LogP contribution in [0.15, 0.2) is 58.3 Å². The molecule has 0 unspecified atom stereocenters. The highest BCUT2D eigenvalue weighted by Gasteiger charge is 2.19. The molecular formula is C22H21FN2O4. The first-order chi connectivity index (χ1) is 14.0. The molecule has 150 valence electrons. The maximum atomic E-state index is 13.4. The summed E-state index contributed by atoms with van der Waals surface area (Å²) in [4.78, 5) is 22.3. The van der Waals surface area contributed by atoms with Gasteiger partial charge in [-0.05, 0) is 48.3 Å². The highest BCUT2D eigenvalue weighted by Crippen LogP contribution is 2.26. The Labute approximate surface area is 168 Å². The van der Waals surface area contributed by atoms with Gasteiger partial charge in [-0.3, -0.25) is 0 Å². The minimum atomic E-state index is -0.611. The van der Waals surface area contributed by atoms with E-state index >= 15 is 0 Å². The van der Waals surface area contributed by atoms with Gasteiger partial charge < -0.3 is 14.4 Å². The Morgan fingerprint density at radius 1 is 1.14 bits per heavy atom. The van der Waals surface area contributed by atoms with Crippen LogP contribution in [0.4, 0.5) is 4.39 Å². The molecule has 0 amide bonds. The van der Waals surface area contributed by atoms with Gasteiger partial charge in [0.25, 0.3) is 0 Å². The number of fused-ring (bicyclic) bond motifs is 1. The fraction of sp³-hybridized carbons (Fsp3) is 0.227. The van der Waals surface area contributed by atoms with Crippen LogP contribution in [0.1, 0.15) is 29.2 Å². The molecule has 0 saturated carbocycles.